The minimum Gasteiger partial charge on any atom is -0.349 e. The molecular formula is C14H13N3O. The summed E-state index contributed by atoms with van der Waals surface area (Å²) < 4.78 is 0. The highest BCUT2D eigenvalue weighted by Gasteiger charge is 1.97. The zero-order valence-corrected chi connectivity index (χ0v) is 9.81. The van der Waals surface area contributed by atoms with Crippen LogP contribution in [0.5, 0.6) is 0 Å². The zero-order chi connectivity index (χ0) is 12.6. The number of imidazole rings is 1. The van der Waals surface area contributed by atoms with E-state index in [0.717, 1.165) is 11.4 Å². The predicted molar refractivity (Wildman–Crippen MR) is 68.6 cm³/mol. The first-order valence-corrected chi connectivity index (χ1v) is 5.68. The Bertz CT molecular complexity index is 550. The highest BCUT2D eigenvalue weighted by molar-refractivity contribution is 5.94. The van der Waals surface area contributed by atoms with E-state index in [9.17, 15) is 4.79 Å². The van der Waals surface area contributed by atoms with E-state index in [1.807, 2.05) is 30.3 Å². The van der Waals surface area contributed by atoms with Crippen molar-refractivity contribution in [3.8, 4) is 11.8 Å². The van der Waals surface area contributed by atoms with Gasteiger partial charge in [-0.25, -0.2) is 4.98 Å². The molecule has 0 atom stereocenters. The molecule has 1 aromatic carbocycles. The smallest absolute Gasteiger partial charge is 0.296 e. The van der Waals surface area contributed by atoms with E-state index in [2.05, 4.69) is 27.1 Å². The van der Waals surface area contributed by atoms with Gasteiger partial charge in [-0.2, -0.15) is 0 Å². The number of nitrogens with zero attached hydrogens (tertiary/aromatic N) is 1. The number of rotatable bonds is 3. The lowest BCUT2D eigenvalue weighted by Crippen LogP contribution is -2.24. The molecule has 2 rings (SSSR count). The Kier molecular flexibility index (Phi) is 4.15. The van der Waals surface area contributed by atoms with E-state index in [-0.39, 0.29) is 5.91 Å². The van der Waals surface area contributed by atoms with Crippen molar-refractivity contribution < 1.29 is 4.79 Å². The van der Waals surface area contributed by atoms with Gasteiger partial charge in [0.2, 0.25) is 0 Å². The summed E-state index contributed by atoms with van der Waals surface area (Å²) in [5.41, 5.74) is 0.832. The fourth-order valence-corrected chi connectivity index (χ4v) is 1.42. The third-order valence-corrected chi connectivity index (χ3v) is 2.30. The lowest BCUT2D eigenvalue weighted by atomic mass is 10.2. The number of amides is 1. The molecule has 0 saturated carbocycles. The molecule has 1 heterocycles. The second kappa shape index (κ2) is 6.26. The van der Waals surface area contributed by atoms with Crippen LogP contribution >= 0.6 is 0 Å². The van der Waals surface area contributed by atoms with Crippen LogP contribution in [0.1, 0.15) is 11.4 Å². The number of carbonyl (C=O) groups excluding carboxylic acids is 1. The lowest BCUT2D eigenvalue weighted by molar-refractivity contribution is -0.115. The van der Waals surface area contributed by atoms with E-state index in [4.69, 9.17) is 0 Å². The van der Waals surface area contributed by atoms with Crippen LogP contribution in [-0.4, -0.2) is 22.4 Å². The second-order valence-corrected chi connectivity index (χ2v) is 3.66. The van der Waals surface area contributed by atoms with Crippen LogP contribution in [-0.2, 0) is 11.2 Å². The summed E-state index contributed by atoms with van der Waals surface area (Å²) in [6.45, 7) is 0.524. The SMILES string of the molecule is O=C(C#Cc1ccccc1)NCCc1ncc[nH]1. The first-order valence-electron chi connectivity index (χ1n) is 5.68. The van der Waals surface area contributed by atoms with Crippen LogP contribution in [0.4, 0.5) is 0 Å². The second-order valence-electron chi connectivity index (χ2n) is 3.66. The molecule has 90 valence electrons. The number of aromatic amines is 1. The maximum absolute atomic E-state index is 11.4. The third-order valence-electron chi connectivity index (χ3n) is 2.30. The summed E-state index contributed by atoms with van der Waals surface area (Å²) in [4.78, 5) is 18.5. The number of benzene rings is 1. The summed E-state index contributed by atoms with van der Waals surface area (Å²) in [6, 6.07) is 9.42. The highest BCUT2D eigenvalue weighted by Crippen LogP contribution is 1.94. The van der Waals surface area contributed by atoms with Gasteiger partial charge in [-0.05, 0) is 12.1 Å². The first-order chi connectivity index (χ1) is 8.84. The summed E-state index contributed by atoms with van der Waals surface area (Å²) in [6.07, 6.45) is 4.12. The number of aromatic nitrogens is 2. The Morgan fingerprint density at radius 1 is 1.33 bits per heavy atom. The average molecular weight is 239 g/mol. The Balaban J connectivity index is 1.77. The molecule has 0 fully saturated rings. The van der Waals surface area contributed by atoms with E-state index in [1.54, 1.807) is 12.4 Å². The van der Waals surface area contributed by atoms with Crippen LogP contribution in [0.3, 0.4) is 0 Å². The summed E-state index contributed by atoms with van der Waals surface area (Å²) >= 11 is 0. The van der Waals surface area contributed by atoms with Gasteiger partial charge in [-0.3, -0.25) is 4.79 Å². The fraction of sp³-hybridized carbons (Fsp3) is 0.143. The molecule has 1 aromatic heterocycles. The lowest BCUT2D eigenvalue weighted by Gasteiger charge is -1.97. The van der Waals surface area contributed by atoms with Gasteiger partial charge in [0.25, 0.3) is 5.91 Å². The van der Waals surface area contributed by atoms with Crippen LogP contribution < -0.4 is 5.32 Å². The van der Waals surface area contributed by atoms with Crippen molar-refractivity contribution in [1.82, 2.24) is 15.3 Å². The molecule has 2 N–H and O–H groups in total. The van der Waals surface area contributed by atoms with Crippen molar-refractivity contribution in [2.75, 3.05) is 6.54 Å². The summed E-state index contributed by atoms with van der Waals surface area (Å²) in [5.74, 6) is 5.93. The van der Waals surface area contributed by atoms with Crippen molar-refractivity contribution in [3.63, 3.8) is 0 Å². The molecule has 0 saturated heterocycles. The maximum atomic E-state index is 11.4. The van der Waals surface area contributed by atoms with E-state index in [0.29, 0.717) is 13.0 Å². The van der Waals surface area contributed by atoms with Crippen LogP contribution in [0.2, 0.25) is 0 Å². The van der Waals surface area contributed by atoms with Crippen molar-refractivity contribution in [2.45, 2.75) is 6.42 Å². The third kappa shape index (κ3) is 3.80. The van der Waals surface area contributed by atoms with Crippen molar-refractivity contribution >= 4 is 5.91 Å². The minimum absolute atomic E-state index is 0.273. The molecule has 0 bridgehead atoms. The normalized spacial score (nSPS) is 9.33. The average Bonchev–Trinajstić information content (AvgIpc) is 2.91. The number of H-pyrrole nitrogens is 1. The molecule has 2 aromatic rings. The number of nitrogens with one attached hydrogen (secondary N) is 2. The van der Waals surface area contributed by atoms with Gasteiger partial charge in [0, 0.05) is 36.8 Å². The van der Waals surface area contributed by atoms with Gasteiger partial charge in [0.05, 0.1) is 0 Å². The fourth-order valence-electron chi connectivity index (χ4n) is 1.42. The van der Waals surface area contributed by atoms with E-state index < -0.39 is 0 Å². The number of hydrogen-bond donors (Lipinski definition) is 2. The molecule has 0 aliphatic carbocycles. The molecule has 0 aliphatic heterocycles. The van der Waals surface area contributed by atoms with Crippen LogP contribution in [0, 0.1) is 11.8 Å². The topological polar surface area (TPSA) is 57.8 Å². The molecule has 0 spiro atoms. The first kappa shape index (κ1) is 11.9. The van der Waals surface area contributed by atoms with Gasteiger partial charge in [-0.1, -0.05) is 24.1 Å². The molecule has 0 radical (unpaired) electrons. The van der Waals surface area contributed by atoms with Crippen molar-refractivity contribution in [2.24, 2.45) is 0 Å². The van der Waals surface area contributed by atoms with Gasteiger partial charge in [0.1, 0.15) is 5.82 Å². The Morgan fingerprint density at radius 3 is 2.89 bits per heavy atom. The Hall–Kier alpha value is -2.54. The molecule has 18 heavy (non-hydrogen) atoms. The highest BCUT2D eigenvalue weighted by atomic mass is 16.1. The van der Waals surface area contributed by atoms with Crippen LogP contribution in [0.25, 0.3) is 0 Å². The number of hydrogen-bond acceptors (Lipinski definition) is 2. The van der Waals surface area contributed by atoms with Crippen LogP contribution in [0.15, 0.2) is 42.7 Å². The quantitative estimate of drug-likeness (QED) is 0.789. The van der Waals surface area contributed by atoms with Crippen molar-refractivity contribution in [1.29, 1.82) is 0 Å². The largest absolute Gasteiger partial charge is 0.349 e. The van der Waals surface area contributed by atoms with Crippen molar-refractivity contribution in [3.05, 3.63) is 54.1 Å². The molecule has 4 nitrogen and oxygen atoms in total. The van der Waals surface area contributed by atoms with E-state index in [1.165, 1.54) is 0 Å². The number of carbonyl (C=O) groups is 1. The minimum atomic E-state index is -0.273. The summed E-state index contributed by atoms with van der Waals surface area (Å²) in [7, 11) is 0. The van der Waals surface area contributed by atoms with Gasteiger partial charge >= 0.3 is 0 Å². The summed E-state index contributed by atoms with van der Waals surface area (Å²) in [5, 5.41) is 2.72. The van der Waals surface area contributed by atoms with Gasteiger partial charge in [-0.15, -0.1) is 0 Å². The van der Waals surface area contributed by atoms with E-state index >= 15 is 0 Å². The predicted octanol–water partition coefficient (Wildman–Crippen LogP) is 1.12. The van der Waals surface area contributed by atoms with Gasteiger partial charge < -0.3 is 10.3 Å². The monoisotopic (exact) mass is 239 g/mol. The maximum Gasteiger partial charge on any atom is 0.296 e. The Labute approximate surface area is 105 Å². The zero-order valence-electron chi connectivity index (χ0n) is 9.81. The molecular weight excluding hydrogens is 226 g/mol. The standard InChI is InChI=1S/C14H13N3O/c18-14(7-6-12-4-2-1-3-5-12)17-9-8-13-15-10-11-16-13/h1-5,10-11H,8-9H2,(H,15,16)(H,17,18). The molecule has 0 unspecified atom stereocenters. The molecule has 1 amide bonds. The molecule has 4 heteroatoms. The van der Waals surface area contributed by atoms with Gasteiger partial charge in [0.15, 0.2) is 0 Å². The molecule has 0 aliphatic rings. The Morgan fingerprint density at radius 2 is 2.17 bits per heavy atom.